The molecule has 0 radical (unpaired) electrons. The van der Waals surface area contributed by atoms with E-state index in [1.165, 1.54) is 6.20 Å². The monoisotopic (exact) mass is 379 g/mol. The highest BCUT2D eigenvalue weighted by atomic mass is 16.3. The van der Waals surface area contributed by atoms with Gasteiger partial charge in [0, 0.05) is 35.9 Å². The first-order valence-electron chi connectivity index (χ1n) is 8.86. The summed E-state index contributed by atoms with van der Waals surface area (Å²) in [5.74, 6) is -0.638. The average molecular weight is 379 g/mol. The molecule has 0 atom stereocenters. The number of carbonyl (C=O) groups is 1. The molecule has 3 aromatic heterocycles. The Morgan fingerprint density at radius 1 is 1.18 bits per heavy atom. The number of benzene rings is 1. The Balaban J connectivity index is 1.86. The fourth-order valence-electron chi connectivity index (χ4n) is 3.37. The number of anilines is 1. The summed E-state index contributed by atoms with van der Waals surface area (Å²) in [5.41, 5.74) is 9.82. The summed E-state index contributed by atoms with van der Waals surface area (Å²) in [6, 6.07) is 9.51. The minimum Gasteiger partial charge on any atom is -0.394 e. The number of nitrogens with zero attached hydrogens (tertiary/aromatic N) is 3. The average Bonchev–Trinajstić information content (AvgIpc) is 3.29. The van der Waals surface area contributed by atoms with Gasteiger partial charge in [-0.25, -0.2) is 4.52 Å². The van der Waals surface area contributed by atoms with E-state index in [4.69, 9.17) is 5.73 Å². The Morgan fingerprint density at radius 2 is 1.96 bits per heavy atom. The van der Waals surface area contributed by atoms with Crippen LogP contribution in [0.1, 0.15) is 10.4 Å². The molecule has 0 spiro atoms. The van der Waals surface area contributed by atoms with Crippen LogP contribution in [0, 0.1) is 0 Å². The van der Waals surface area contributed by atoms with Gasteiger partial charge in [0.2, 0.25) is 0 Å². The first-order chi connectivity index (χ1) is 13.5. The maximum atomic E-state index is 11.9. The number of fused-ring (bicyclic) bond motifs is 2. The Hall–Kier alpha value is -3.36. The zero-order chi connectivity index (χ0) is 19.8. The molecule has 0 aliphatic carbocycles. The van der Waals surface area contributed by atoms with E-state index in [9.17, 15) is 15.0 Å². The van der Waals surface area contributed by atoms with E-state index in [2.05, 4.69) is 33.2 Å². The lowest BCUT2D eigenvalue weighted by Gasteiger charge is -2.17. The highest BCUT2D eigenvalue weighted by molar-refractivity contribution is 6.02. The van der Waals surface area contributed by atoms with Crippen LogP contribution in [0.15, 0.2) is 48.9 Å². The molecule has 0 saturated heterocycles. The molecule has 0 aliphatic rings. The van der Waals surface area contributed by atoms with Crippen molar-refractivity contribution >= 4 is 28.0 Å². The van der Waals surface area contributed by atoms with Crippen molar-refractivity contribution in [3.8, 4) is 11.1 Å². The first kappa shape index (κ1) is 18.0. The van der Waals surface area contributed by atoms with Crippen molar-refractivity contribution in [2.75, 3.05) is 18.5 Å². The SMILES string of the molecule is Cn1ccc2cc(-c3cc4c(NC(CO)CO)c(C(N)=O)cnn4c3)ccc21. The van der Waals surface area contributed by atoms with Gasteiger partial charge in [0.25, 0.3) is 5.91 Å². The lowest BCUT2D eigenvalue weighted by atomic mass is 10.1. The number of nitrogens with one attached hydrogen (secondary N) is 1. The third-order valence-electron chi connectivity index (χ3n) is 4.91. The molecule has 144 valence electrons. The van der Waals surface area contributed by atoms with Crippen LogP contribution >= 0.6 is 0 Å². The minimum absolute atomic E-state index is 0.197. The smallest absolute Gasteiger partial charge is 0.252 e. The number of rotatable bonds is 6. The predicted octanol–water partition coefficient (Wildman–Crippen LogP) is 1.36. The van der Waals surface area contributed by atoms with Crippen LogP contribution in [0.2, 0.25) is 0 Å². The second-order valence-corrected chi connectivity index (χ2v) is 6.76. The molecular formula is C20H21N5O3. The number of nitrogens with two attached hydrogens (primary N) is 1. The Morgan fingerprint density at radius 3 is 2.68 bits per heavy atom. The van der Waals surface area contributed by atoms with Crippen molar-refractivity contribution in [1.82, 2.24) is 14.2 Å². The standard InChI is InChI=1S/C20H21N5O3/c1-24-5-4-13-6-12(2-3-17(13)24)14-7-18-19(23-15(10-26)11-27)16(20(21)28)8-22-25(18)9-14/h2-9,15,23,26-27H,10-11H2,1H3,(H2,21,28). The lowest BCUT2D eigenvalue weighted by Crippen LogP contribution is -2.29. The van der Waals surface area contributed by atoms with Crippen LogP contribution in [0.3, 0.4) is 0 Å². The summed E-state index contributed by atoms with van der Waals surface area (Å²) >= 11 is 0. The maximum absolute atomic E-state index is 11.9. The van der Waals surface area contributed by atoms with Gasteiger partial charge in [-0.05, 0) is 29.8 Å². The number of hydrogen-bond acceptors (Lipinski definition) is 5. The van der Waals surface area contributed by atoms with Crippen LogP contribution in [0.5, 0.6) is 0 Å². The van der Waals surface area contributed by atoms with Crippen molar-refractivity contribution in [2.45, 2.75) is 6.04 Å². The topological polar surface area (TPSA) is 118 Å². The van der Waals surface area contributed by atoms with E-state index >= 15 is 0 Å². The van der Waals surface area contributed by atoms with E-state index in [1.54, 1.807) is 4.52 Å². The van der Waals surface area contributed by atoms with Crippen LogP contribution in [0.25, 0.3) is 27.5 Å². The van der Waals surface area contributed by atoms with Crippen molar-refractivity contribution in [1.29, 1.82) is 0 Å². The fourth-order valence-corrected chi connectivity index (χ4v) is 3.37. The molecule has 8 heteroatoms. The van der Waals surface area contributed by atoms with Gasteiger partial charge in [0.1, 0.15) is 0 Å². The van der Waals surface area contributed by atoms with Crippen molar-refractivity contribution in [2.24, 2.45) is 12.8 Å². The zero-order valence-corrected chi connectivity index (χ0v) is 15.3. The van der Waals surface area contributed by atoms with Gasteiger partial charge in [-0.3, -0.25) is 4.79 Å². The molecule has 4 rings (SSSR count). The van der Waals surface area contributed by atoms with E-state index in [0.717, 1.165) is 22.0 Å². The highest BCUT2D eigenvalue weighted by Gasteiger charge is 2.18. The molecule has 28 heavy (non-hydrogen) atoms. The van der Waals surface area contributed by atoms with Gasteiger partial charge < -0.3 is 25.8 Å². The number of aliphatic hydroxyl groups excluding tert-OH is 2. The molecule has 1 amide bonds. The van der Waals surface area contributed by atoms with E-state index < -0.39 is 11.9 Å². The van der Waals surface area contributed by atoms with Crippen LogP contribution in [-0.4, -0.2) is 49.6 Å². The van der Waals surface area contributed by atoms with E-state index in [-0.39, 0.29) is 18.8 Å². The van der Waals surface area contributed by atoms with E-state index in [1.807, 2.05) is 31.6 Å². The number of aromatic nitrogens is 3. The fraction of sp³-hybridized carbons (Fsp3) is 0.200. The number of primary amides is 1. The summed E-state index contributed by atoms with van der Waals surface area (Å²) < 4.78 is 3.70. The highest BCUT2D eigenvalue weighted by Crippen LogP contribution is 2.30. The normalized spacial score (nSPS) is 11.6. The third kappa shape index (κ3) is 2.98. The number of aryl methyl sites for hydroxylation is 1. The molecular weight excluding hydrogens is 358 g/mol. The molecule has 3 heterocycles. The van der Waals surface area contributed by atoms with Gasteiger partial charge in [-0.15, -0.1) is 0 Å². The van der Waals surface area contributed by atoms with Gasteiger partial charge in [0.15, 0.2) is 0 Å². The van der Waals surface area contributed by atoms with Crippen molar-refractivity contribution < 1.29 is 15.0 Å². The van der Waals surface area contributed by atoms with Crippen molar-refractivity contribution in [3.05, 3.63) is 54.5 Å². The van der Waals surface area contributed by atoms with Crippen LogP contribution in [-0.2, 0) is 7.05 Å². The van der Waals surface area contributed by atoms with E-state index in [0.29, 0.717) is 11.2 Å². The Bertz CT molecular complexity index is 1170. The molecule has 8 nitrogen and oxygen atoms in total. The summed E-state index contributed by atoms with van der Waals surface area (Å²) in [6.07, 6.45) is 5.26. The maximum Gasteiger partial charge on any atom is 0.252 e. The molecule has 0 bridgehead atoms. The summed E-state index contributed by atoms with van der Waals surface area (Å²) in [6.45, 7) is -0.581. The summed E-state index contributed by atoms with van der Waals surface area (Å²) in [7, 11) is 2.00. The summed E-state index contributed by atoms with van der Waals surface area (Å²) in [4.78, 5) is 11.9. The second kappa shape index (κ2) is 6.99. The van der Waals surface area contributed by atoms with Gasteiger partial charge in [-0.2, -0.15) is 5.10 Å². The second-order valence-electron chi connectivity index (χ2n) is 6.76. The Kier molecular flexibility index (Phi) is 4.50. The zero-order valence-electron chi connectivity index (χ0n) is 15.3. The summed E-state index contributed by atoms with van der Waals surface area (Å²) in [5, 5.41) is 27.2. The van der Waals surface area contributed by atoms with Crippen LogP contribution in [0.4, 0.5) is 5.69 Å². The first-order valence-corrected chi connectivity index (χ1v) is 8.86. The van der Waals surface area contributed by atoms with Gasteiger partial charge in [0.05, 0.1) is 42.2 Å². The molecule has 1 aromatic carbocycles. The molecule has 4 aromatic rings. The third-order valence-corrected chi connectivity index (χ3v) is 4.91. The number of carbonyl (C=O) groups excluding carboxylic acids is 1. The largest absolute Gasteiger partial charge is 0.394 e. The molecule has 0 fully saturated rings. The number of hydrogen-bond donors (Lipinski definition) is 4. The predicted molar refractivity (Wildman–Crippen MR) is 107 cm³/mol. The molecule has 5 N–H and O–H groups in total. The number of aliphatic hydroxyl groups is 2. The van der Waals surface area contributed by atoms with Gasteiger partial charge >= 0.3 is 0 Å². The number of amides is 1. The lowest BCUT2D eigenvalue weighted by molar-refractivity contribution is 0.1000. The van der Waals surface area contributed by atoms with Crippen LogP contribution < -0.4 is 11.1 Å². The molecule has 0 aliphatic heterocycles. The molecule has 0 unspecified atom stereocenters. The van der Waals surface area contributed by atoms with Crippen molar-refractivity contribution in [3.63, 3.8) is 0 Å². The quantitative estimate of drug-likeness (QED) is 0.403. The molecule has 0 saturated carbocycles. The van der Waals surface area contributed by atoms with Gasteiger partial charge in [-0.1, -0.05) is 6.07 Å². The Labute approximate surface area is 160 Å². The minimum atomic E-state index is -0.638.